The van der Waals surface area contributed by atoms with E-state index in [2.05, 4.69) is 17.3 Å². The van der Waals surface area contributed by atoms with Crippen LogP contribution in [0.1, 0.15) is 18.4 Å². The van der Waals surface area contributed by atoms with Crippen LogP contribution < -0.4 is 5.32 Å². The molecule has 1 N–H and O–H groups in total. The van der Waals surface area contributed by atoms with Gasteiger partial charge < -0.3 is 10.2 Å². The molecule has 2 rings (SSSR count). The average Bonchev–Trinajstić information content (AvgIpc) is 3.02. The third-order valence-corrected chi connectivity index (χ3v) is 3.51. The van der Waals surface area contributed by atoms with Gasteiger partial charge in [-0.1, -0.05) is 18.2 Å². The summed E-state index contributed by atoms with van der Waals surface area (Å²) in [5, 5.41) is 3.25. The van der Waals surface area contributed by atoms with Crippen molar-refractivity contribution in [2.75, 3.05) is 27.2 Å². The zero-order valence-electron chi connectivity index (χ0n) is 10.7. The van der Waals surface area contributed by atoms with Gasteiger partial charge in [-0.15, -0.1) is 0 Å². The van der Waals surface area contributed by atoms with Crippen LogP contribution in [0.25, 0.3) is 0 Å². The second kappa shape index (κ2) is 5.15. The summed E-state index contributed by atoms with van der Waals surface area (Å²) < 4.78 is 13.5. The van der Waals surface area contributed by atoms with Crippen molar-refractivity contribution in [3.05, 3.63) is 35.6 Å². The molecule has 0 atom stereocenters. The fourth-order valence-electron chi connectivity index (χ4n) is 2.49. The molecular formula is C14H21FN2. The first-order valence-corrected chi connectivity index (χ1v) is 6.22. The van der Waals surface area contributed by atoms with Crippen LogP contribution in [0, 0.1) is 11.2 Å². The van der Waals surface area contributed by atoms with Gasteiger partial charge in [-0.2, -0.15) is 0 Å². The Bertz CT molecular complexity index is 374. The lowest BCUT2D eigenvalue weighted by molar-refractivity contribution is 0.250. The molecule has 17 heavy (non-hydrogen) atoms. The first kappa shape index (κ1) is 12.5. The minimum absolute atomic E-state index is 0.0992. The summed E-state index contributed by atoms with van der Waals surface area (Å²) in [5.41, 5.74) is 1.23. The third-order valence-electron chi connectivity index (χ3n) is 3.51. The number of hydrogen-bond acceptors (Lipinski definition) is 2. The van der Waals surface area contributed by atoms with Gasteiger partial charge in [-0.3, -0.25) is 0 Å². The Morgan fingerprint density at radius 1 is 1.35 bits per heavy atom. The maximum absolute atomic E-state index is 13.5. The van der Waals surface area contributed by atoms with Gasteiger partial charge >= 0.3 is 0 Å². The molecule has 1 aliphatic rings. The van der Waals surface area contributed by atoms with Crippen LogP contribution in [0.5, 0.6) is 0 Å². The van der Waals surface area contributed by atoms with Gasteiger partial charge in [-0.05, 0) is 38.4 Å². The highest BCUT2D eigenvalue weighted by molar-refractivity contribution is 5.17. The van der Waals surface area contributed by atoms with Crippen LogP contribution in [-0.4, -0.2) is 32.1 Å². The minimum atomic E-state index is -0.0992. The summed E-state index contributed by atoms with van der Waals surface area (Å²) in [4.78, 5) is 2.22. The molecule has 3 heteroatoms. The minimum Gasteiger partial charge on any atom is -0.319 e. The van der Waals surface area contributed by atoms with Crippen molar-refractivity contribution in [3.63, 3.8) is 0 Å². The van der Waals surface area contributed by atoms with Crippen molar-refractivity contribution in [1.29, 1.82) is 0 Å². The third kappa shape index (κ3) is 3.27. The highest BCUT2D eigenvalue weighted by Crippen LogP contribution is 2.45. The predicted molar refractivity (Wildman–Crippen MR) is 68.3 cm³/mol. The summed E-state index contributed by atoms with van der Waals surface area (Å²) in [6.45, 7) is 2.80. The maximum atomic E-state index is 13.5. The van der Waals surface area contributed by atoms with Crippen LogP contribution in [0.3, 0.4) is 0 Å². The highest BCUT2D eigenvalue weighted by Gasteiger charge is 2.42. The predicted octanol–water partition coefficient (Wildman–Crippen LogP) is 2.26. The highest BCUT2D eigenvalue weighted by atomic mass is 19.1. The molecule has 0 saturated heterocycles. The summed E-state index contributed by atoms with van der Waals surface area (Å²) in [6, 6.07) is 7.03. The van der Waals surface area contributed by atoms with E-state index < -0.39 is 0 Å². The molecule has 1 saturated carbocycles. The van der Waals surface area contributed by atoms with Crippen LogP contribution in [0.15, 0.2) is 24.3 Å². The molecule has 0 heterocycles. The number of benzene rings is 1. The molecule has 2 nitrogen and oxygen atoms in total. The molecule has 1 aromatic rings. The first-order chi connectivity index (χ1) is 8.15. The smallest absolute Gasteiger partial charge is 0.127 e. The number of rotatable bonds is 6. The lowest BCUT2D eigenvalue weighted by Gasteiger charge is -2.23. The number of nitrogens with zero attached hydrogens (tertiary/aromatic N) is 1. The van der Waals surface area contributed by atoms with Gasteiger partial charge in [0.1, 0.15) is 5.82 Å². The lowest BCUT2D eigenvalue weighted by atomic mass is 10.1. The van der Waals surface area contributed by atoms with E-state index in [1.807, 2.05) is 19.2 Å². The van der Waals surface area contributed by atoms with Crippen molar-refractivity contribution in [2.45, 2.75) is 19.4 Å². The number of halogens is 1. The van der Waals surface area contributed by atoms with Crippen LogP contribution in [0.2, 0.25) is 0 Å². The largest absolute Gasteiger partial charge is 0.319 e. The molecule has 0 unspecified atom stereocenters. The monoisotopic (exact) mass is 236 g/mol. The van der Waals surface area contributed by atoms with Crippen LogP contribution in [-0.2, 0) is 6.54 Å². The Hall–Kier alpha value is -0.930. The molecular weight excluding hydrogens is 215 g/mol. The molecule has 0 amide bonds. The second-order valence-electron chi connectivity index (χ2n) is 5.29. The lowest BCUT2D eigenvalue weighted by Crippen LogP contribution is -2.32. The van der Waals surface area contributed by atoms with E-state index in [-0.39, 0.29) is 5.82 Å². The number of hydrogen-bond donors (Lipinski definition) is 1. The Balaban J connectivity index is 1.89. The van der Waals surface area contributed by atoms with Gasteiger partial charge in [0.15, 0.2) is 0 Å². The quantitative estimate of drug-likeness (QED) is 0.815. The van der Waals surface area contributed by atoms with Crippen LogP contribution in [0.4, 0.5) is 4.39 Å². The van der Waals surface area contributed by atoms with E-state index in [0.29, 0.717) is 12.0 Å². The number of nitrogens with one attached hydrogen (secondary N) is 1. The van der Waals surface area contributed by atoms with Crippen LogP contribution >= 0.6 is 0 Å². The maximum Gasteiger partial charge on any atom is 0.127 e. The molecule has 1 fully saturated rings. The molecule has 0 bridgehead atoms. The van der Waals surface area contributed by atoms with E-state index in [9.17, 15) is 4.39 Å². The van der Waals surface area contributed by atoms with E-state index in [1.165, 1.54) is 18.9 Å². The Morgan fingerprint density at radius 2 is 2.06 bits per heavy atom. The molecule has 0 radical (unpaired) electrons. The van der Waals surface area contributed by atoms with Crippen molar-refractivity contribution in [1.82, 2.24) is 10.2 Å². The SMILES string of the molecule is CNCC1(CN(C)Cc2ccccc2F)CC1. The topological polar surface area (TPSA) is 15.3 Å². The van der Waals surface area contributed by atoms with Crippen molar-refractivity contribution in [3.8, 4) is 0 Å². The fraction of sp³-hybridized carbons (Fsp3) is 0.571. The normalized spacial score (nSPS) is 17.4. The van der Waals surface area contributed by atoms with Gasteiger partial charge in [0, 0.05) is 25.2 Å². The first-order valence-electron chi connectivity index (χ1n) is 6.22. The Morgan fingerprint density at radius 3 is 2.65 bits per heavy atom. The molecule has 1 aromatic carbocycles. The molecule has 0 aliphatic heterocycles. The van der Waals surface area contributed by atoms with E-state index in [1.54, 1.807) is 6.07 Å². The fourth-order valence-corrected chi connectivity index (χ4v) is 2.49. The Labute approximate surface area is 103 Å². The van der Waals surface area contributed by atoms with Crippen molar-refractivity contribution < 1.29 is 4.39 Å². The standard InChI is InChI=1S/C14H21FN2/c1-16-10-14(7-8-14)11-17(2)9-12-5-3-4-6-13(12)15/h3-6,16H,7-11H2,1-2H3. The summed E-state index contributed by atoms with van der Waals surface area (Å²) in [5.74, 6) is -0.0992. The van der Waals surface area contributed by atoms with Gasteiger partial charge in [0.05, 0.1) is 0 Å². The summed E-state index contributed by atoms with van der Waals surface area (Å²) in [6.07, 6.45) is 2.57. The average molecular weight is 236 g/mol. The van der Waals surface area contributed by atoms with Gasteiger partial charge in [0.25, 0.3) is 0 Å². The molecule has 0 spiro atoms. The molecule has 0 aromatic heterocycles. The molecule has 94 valence electrons. The zero-order valence-corrected chi connectivity index (χ0v) is 10.7. The Kier molecular flexibility index (Phi) is 3.79. The van der Waals surface area contributed by atoms with Gasteiger partial charge in [0.2, 0.25) is 0 Å². The second-order valence-corrected chi connectivity index (χ2v) is 5.29. The zero-order chi connectivity index (χ0) is 12.3. The summed E-state index contributed by atoms with van der Waals surface area (Å²) >= 11 is 0. The van der Waals surface area contributed by atoms with Gasteiger partial charge in [-0.25, -0.2) is 4.39 Å². The van der Waals surface area contributed by atoms with E-state index >= 15 is 0 Å². The van der Waals surface area contributed by atoms with Crippen molar-refractivity contribution >= 4 is 0 Å². The van der Waals surface area contributed by atoms with Crippen molar-refractivity contribution in [2.24, 2.45) is 5.41 Å². The van der Waals surface area contributed by atoms with E-state index in [4.69, 9.17) is 0 Å². The van der Waals surface area contributed by atoms with E-state index in [0.717, 1.165) is 18.7 Å². The summed E-state index contributed by atoms with van der Waals surface area (Å²) in [7, 11) is 4.07. The molecule has 1 aliphatic carbocycles.